The van der Waals surface area contributed by atoms with Gasteiger partial charge in [-0.15, -0.1) is 11.8 Å². The van der Waals surface area contributed by atoms with Crippen LogP contribution in [0.1, 0.15) is 26.3 Å². The monoisotopic (exact) mass is 565 g/mol. The van der Waals surface area contributed by atoms with Crippen LogP contribution in [0.3, 0.4) is 0 Å². The number of ketones is 1. The molecule has 4 aromatic rings. The van der Waals surface area contributed by atoms with Crippen LogP contribution in [0.2, 0.25) is 0 Å². The molecule has 0 heterocycles. The van der Waals surface area contributed by atoms with Gasteiger partial charge in [0.15, 0.2) is 5.78 Å². The van der Waals surface area contributed by atoms with Crippen molar-refractivity contribution >= 4 is 46.8 Å². The number of thioether (sulfide) groups is 1. The fourth-order valence-electron chi connectivity index (χ4n) is 3.94. The molecule has 0 spiro atoms. The van der Waals surface area contributed by atoms with Crippen LogP contribution in [0.5, 0.6) is 5.75 Å². The van der Waals surface area contributed by atoms with Gasteiger partial charge in [0.25, 0.3) is 11.8 Å². The number of ether oxygens (including phenoxy) is 1. The van der Waals surface area contributed by atoms with E-state index in [9.17, 15) is 14.4 Å². The Hall–Kier alpha value is -4.82. The predicted octanol–water partition coefficient (Wildman–Crippen LogP) is 6.15. The zero-order valence-electron chi connectivity index (χ0n) is 23.1. The highest BCUT2D eigenvalue weighted by atomic mass is 32.2. The number of amides is 2. The summed E-state index contributed by atoms with van der Waals surface area (Å²) in [5, 5.41) is 5.64. The number of rotatable bonds is 11. The van der Waals surface area contributed by atoms with E-state index in [0.717, 1.165) is 16.1 Å². The number of hydrogen-bond acceptors (Lipinski definition) is 6. The van der Waals surface area contributed by atoms with Crippen LogP contribution in [-0.2, 0) is 4.79 Å². The second kappa shape index (κ2) is 14.0. The average molecular weight is 566 g/mol. The molecule has 0 aromatic heterocycles. The SMILES string of the molecule is COc1ccccc1C(=O)CSc1cccc(NC(=O)/C(=C/c2ccc(N(C)C)cc2)NC(=O)c2ccccc2)c1. The average Bonchev–Trinajstić information content (AvgIpc) is 3.00. The Morgan fingerprint density at radius 1 is 0.854 bits per heavy atom. The highest BCUT2D eigenvalue weighted by molar-refractivity contribution is 8.00. The Bertz CT molecular complexity index is 1550. The highest BCUT2D eigenvalue weighted by Gasteiger charge is 2.16. The maximum atomic E-state index is 13.4. The molecule has 2 amide bonds. The summed E-state index contributed by atoms with van der Waals surface area (Å²) < 4.78 is 5.30. The van der Waals surface area contributed by atoms with Gasteiger partial charge >= 0.3 is 0 Å². The van der Waals surface area contributed by atoms with E-state index >= 15 is 0 Å². The van der Waals surface area contributed by atoms with Crippen LogP contribution < -0.4 is 20.3 Å². The van der Waals surface area contributed by atoms with Crippen molar-refractivity contribution in [2.24, 2.45) is 0 Å². The largest absolute Gasteiger partial charge is 0.496 e. The second-order valence-electron chi connectivity index (χ2n) is 9.26. The lowest BCUT2D eigenvalue weighted by Crippen LogP contribution is -2.30. The molecular weight excluding hydrogens is 534 g/mol. The molecule has 0 aliphatic heterocycles. The number of nitrogens with one attached hydrogen (secondary N) is 2. The molecule has 8 heteroatoms. The van der Waals surface area contributed by atoms with Crippen molar-refractivity contribution in [1.82, 2.24) is 5.32 Å². The zero-order chi connectivity index (χ0) is 29.2. The minimum absolute atomic E-state index is 0.0592. The standard InChI is InChI=1S/C33H31N3O4S/c1-36(2)26-18-16-23(17-19-26)20-29(35-32(38)24-10-5-4-6-11-24)33(39)34-25-12-9-13-27(21-25)41-22-30(37)28-14-7-8-15-31(28)40-3/h4-21H,22H2,1-3H3,(H,34,39)(H,35,38)/b29-20-. The number of methoxy groups -OCH3 is 1. The summed E-state index contributed by atoms with van der Waals surface area (Å²) in [6, 6.07) is 30.7. The summed E-state index contributed by atoms with van der Waals surface area (Å²) in [4.78, 5) is 41.9. The summed E-state index contributed by atoms with van der Waals surface area (Å²) in [6.07, 6.45) is 1.64. The summed E-state index contributed by atoms with van der Waals surface area (Å²) in [6.45, 7) is 0. The summed E-state index contributed by atoms with van der Waals surface area (Å²) in [5.41, 5.74) is 3.36. The normalized spacial score (nSPS) is 11.0. The molecule has 0 radical (unpaired) electrons. The van der Waals surface area contributed by atoms with Crippen LogP contribution in [0.4, 0.5) is 11.4 Å². The van der Waals surface area contributed by atoms with E-state index in [1.165, 1.54) is 18.9 Å². The van der Waals surface area contributed by atoms with Gasteiger partial charge in [0.05, 0.1) is 18.4 Å². The summed E-state index contributed by atoms with van der Waals surface area (Å²) in [5.74, 6) is -0.184. The fraction of sp³-hybridized carbons (Fsp3) is 0.121. The number of anilines is 2. The Morgan fingerprint density at radius 2 is 1.56 bits per heavy atom. The number of benzene rings is 4. The minimum Gasteiger partial charge on any atom is -0.496 e. The van der Waals surface area contributed by atoms with Crippen LogP contribution in [0.15, 0.2) is 114 Å². The van der Waals surface area contributed by atoms with E-state index in [1.807, 2.05) is 61.5 Å². The summed E-state index contributed by atoms with van der Waals surface area (Å²) >= 11 is 1.36. The maximum absolute atomic E-state index is 13.4. The van der Waals surface area contributed by atoms with Crippen molar-refractivity contribution in [1.29, 1.82) is 0 Å². The second-order valence-corrected chi connectivity index (χ2v) is 10.3. The van der Waals surface area contributed by atoms with Crippen molar-refractivity contribution in [3.05, 3.63) is 126 Å². The molecule has 0 aliphatic carbocycles. The highest BCUT2D eigenvalue weighted by Crippen LogP contribution is 2.25. The number of para-hydroxylation sites is 1. The van der Waals surface area contributed by atoms with Gasteiger partial charge in [0.1, 0.15) is 11.4 Å². The van der Waals surface area contributed by atoms with Crippen LogP contribution in [0, 0.1) is 0 Å². The molecule has 0 unspecified atom stereocenters. The minimum atomic E-state index is -0.474. The first kappa shape index (κ1) is 29.2. The molecule has 4 rings (SSSR count). The van der Waals surface area contributed by atoms with Crippen LogP contribution in [-0.4, -0.2) is 44.6 Å². The van der Waals surface area contributed by atoms with E-state index < -0.39 is 11.8 Å². The van der Waals surface area contributed by atoms with E-state index in [1.54, 1.807) is 66.7 Å². The molecule has 0 saturated carbocycles. The van der Waals surface area contributed by atoms with Gasteiger partial charge in [-0.25, -0.2) is 0 Å². The van der Waals surface area contributed by atoms with E-state index in [4.69, 9.17) is 4.74 Å². The Morgan fingerprint density at radius 3 is 2.27 bits per heavy atom. The van der Waals surface area contributed by atoms with Gasteiger partial charge < -0.3 is 20.3 Å². The van der Waals surface area contributed by atoms with Crippen molar-refractivity contribution in [2.75, 3.05) is 37.2 Å². The molecule has 41 heavy (non-hydrogen) atoms. The lowest BCUT2D eigenvalue weighted by molar-refractivity contribution is -0.113. The van der Waals surface area contributed by atoms with Crippen LogP contribution in [0.25, 0.3) is 6.08 Å². The third kappa shape index (κ3) is 8.09. The molecule has 208 valence electrons. The van der Waals surface area contributed by atoms with Crippen LogP contribution >= 0.6 is 11.8 Å². The number of Topliss-reactive ketones (excluding diaryl/α,β-unsaturated/α-hetero) is 1. The Kier molecular flexibility index (Phi) is 9.96. The molecule has 2 N–H and O–H groups in total. The molecule has 0 bridgehead atoms. The van der Waals surface area contributed by atoms with E-state index in [2.05, 4.69) is 10.6 Å². The predicted molar refractivity (Wildman–Crippen MR) is 166 cm³/mol. The van der Waals surface area contributed by atoms with E-state index in [0.29, 0.717) is 22.6 Å². The zero-order valence-corrected chi connectivity index (χ0v) is 23.9. The molecular formula is C33H31N3O4S. The van der Waals surface area contributed by atoms with Crippen molar-refractivity contribution < 1.29 is 19.1 Å². The van der Waals surface area contributed by atoms with Gasteiger partial charge in [-0.2, -0.15) is 0 Å². The van der Waals surface area contributed by atoms with Gasteiger partial charge in [-0.05, 0) is 66.2 Å². The molecule has 7 nitrogen and oxygen atoms in total. The molecule has 0 atom stereocenters. The van der Waals surface area contributed by atoms with Gasteiger partial charge in [0.2, 0.25) is 0 Å². The third-order valence-corrected chi connectivity index (χ3v) is 7.11. The first-order valence-electron chi connectivity index (χ1n) is 12.9. The quantitative estimate of drug-likeness (QED) is 0.129. The lowest BCUT2D eigenvalue weighted by atomic mass is 10.1. The van der Waals surface area contributed by atoms with Gasteiger partial charge in [-0.3, -0.25) is 14.4 Å². The van der Waals surface area contributed by atoms with E-state index in [-0.39, 0.29) is 17.2 Å². The lowest BCUT2D eigenvalue weighted by Gasteiger charge is -2.14. The Labute approximate surface area is 244 Å². The number of hydrogen-bond donors (Lipinski definition) is 2. The first-order valence-corrected chi connectivity index (χ1v) is 13.9. The van der Waals surface area contributed by atoms with Gasteiger partial charge in [0, 0.05) is 35.9 Å². The number of nitrogens with zero attached hydrogens (tertiary/aromatic N) is 1. The van der Waals surface area contributed by atoms with Gasteiger partial charge in [-0.1, -0.05) is 48.5 Å². The topological polar surface area (TPSA) is 87.7 Å². The van der Waals surface area contributed by atoms with Crippen molar-refractivity contribution in [3.63, 3.8) is 0 Å². The number of carbonyl (C=O) groups is 3. The van der Waals surface area contributed by atoms with Crippen molar-refractivity contribution in [2.45, 2.75) is 4.90 Å². The molecule has 0 saturated heterocycles. The molecule has 0 fully saturated rings. The maximum Gasteiger partial charge on any atom is 0.272 e. The molecule has 4 aromatic carbocycles. The van der Waals surface area contributed by atoms with Crippen molar-refractivity contribution in [3.8, 4) is 5.75 Å². The smallest absolute Gasteiger partial charge is 0.272 e. The number of carbonyl (C=O) groups excluding carboxylic acids is 3. The third-order valence-electron chi connectivity index (χ3n) is 6.12. The summed E-state index contributed by atoms with van der Waals surface area (Å²) in [7, 11) is 5.44. The first-order chi connectivity index (χ1) is 19.8. The Balaban J connectivity index is 1.50. The fourth-order valence-corrected chi connectivity index (χ4v) is 4.78. The molecule has 0 aliphatic rings.